The van der Waals surface area contributed by atoms with Gasteiger partial charge >= 0.3 is 18.0 Å². The molecule has 0 aromatic rings. The molecule has 1 N–H and O–H groups in total. The molecule has 1 aliphatic rings. The molecule has 0 radical (unpaired) electrons. The van der Waals surface area contributed by atoms with Crippen LogP contribution in [-0.2, 0) is 23.8 Å². The predicted octanol–water partition coefficient (Wildman–Crippen LogP) is 8.65. The average Bonchev–Trinajstić information content (AvgIpc) is 3.34. The van der Waals surface area contributed by atoms with E-state index in [1.165, 1.54) is 69.1 Å². The van der Waals surface area contributed by atoms with Gasteiger partial charge < -0.3 is 19.3 Å². The first-order chi connectivity index (χ1) is 20.6. The zero-order valence-corrected chi connectivity index (χ0v) is 28.3. The summed E-state index contributed by atoms with van der Waals surface area (Å²) in [6.07, 6.45) is 20.6. The molecule has 1 amide bonds. The highest BCUT2D eigenvalue weighted by molar-refractivity contribution is 5.82. The first-order valence-electron chi connectivity index (χ1n) is 17.6. The van der Waals surface area contributed by atoms with E-state index in [1.54, 1.807) is 20.8 Å². The van der Waals surface area contributed by atoms with Gasteiger partial charge in [-0.25, -0.2) is 9.59 Å². The quantitative estimate of drug-likeness (QED) is 0.0662. The van der Waals surface area contributed by atoms with Crippen LogP contribution < -0.4 is 0 Å². The fourth-order valence-electron chi connectivity index (χ4n) is 5.54. The molecule has 0 aromatic carbocycles. The Balaban J connectivity index is 2.24. The Morgan fingerprint density at radius 3 is 1.84 bits per heavy atom. The van der Waals surface area contributed by atoms with Crippen LogP contribution in [-0.4, -0.2) is 65.0 Å². The Bertz CT molecular complexity index is 735. The lowest BCUT2D eigenvalue weighted by atomic mass is 10.0. The highest BCUT2D eigenvalue weighted by Gasteiger charge is 2.41. The number of hydrogen-bond acceptors (Lipinski definition) is 7. The highest BCUT2D eigenvalue weighted by atomic mass is 16.6. The van der Waals surface area contributed by atoms with Crippen LogP contribution in [0.25, 0.3) is 0 Å². The van der Waals surface area contributed by atoms with Crippen LogP contribution in [0.15, 0.2) is 0 Å². The van der Waals surface area contributed by atoms with Crippen molar-refractivity contribution in [2.45, 2.75) is 193 Å². The van der Waals surface area contributed by atoms with E-state index in [1.807, 2.05) is 0 Å². The second kappa shape index (κ2) is 23.5. The van der Waals surface area contributed by atoms with E-state index in [4.69, 9.17) is 14.2 Å². The topological polar surface area (TPSA) is 102 Å². The average molecular weight is 612 g/mol. The smallest absolute Gasteiger partial charge is 0.411 e. The summed E-state index contributed by atoms with van der Waals surface area (Å²) >= 11 is 0. The van der Waals surface area contributed by atoms with E-state index in [9.17, 15) is 19.5 Å². The van der Waals surface area contributed by atoms with Crippen LogP contribution in [0.4, 0.5) is 4.79 Å². The van der Waals surface area contributed by atoms with Crippen molar-refractivity contribution in [3.8, 4) is 0 Å². The van der Waals surface area contributed by atoms with E-state index in [-0.39, 0.29) is 31.6 Å². The van der Waals surface area contributed by atoms with Gasteiger partial charge in [0.05, 0.1) is 19.3 Å². The lowest BCUT2D eigenvalue weighted by molar-refractivity contribution is -0.150. The molecule has 0 aromatic heterocycles. The minimum Gasteiger partial charge on any atom is -0.464 e. The van der Waals surface area contributed by atoms with Crippen molar-refractivity contribution in [3.63, 3.8) is 0 Å². The lowest BCUT2D eigenvalue weighted by Crippen LogP contribution is -2.44. The molecule has 1 rings (SSSR count). The molecular weight excluding hydrogens is 546 g/mol. The number of aliphatic hydroxyl groups is 1. The van der Waals surface area contributed by atoms with E-state index < -0.39 is 29.8 Å². The highest BCUT2D eigenvalue weighted by Crippen LogP contribution is 2.23. The summed E-state index contributed by atoms with van der Waals surface area (Å²) in [4.78, 5) is 38.9. The normalized spacial score (nSPS) is 17.0. The van der Waals surface area contributed by atoms with Gasteiger partial charge in [0, 0.05) is 12.8 Å². The van der Waals surface area contributed by atoms with Crippen LogP contribution in [0.3, 0.4) is 0 Å². The molecule has 1 saturated heterocycles. The number of β-amino-alcohol motifs (C(OH)–C–C–N with tert-alkyl or cyclic N) is 1. The summed E-state index contributed by atoms with van der Waals surface area (Å²) in [5.41, 5.74) is -0.682. The number of likely N-dealkylation sites (tertiary alicyclic amines) is 1. The van der Waals surface area contributed by atoms with Gasteiger partial charge in [0.1, 0.15) is 17.7 Å². The van der Waals surface area contributed by atoms with Crippen molar-refractivity contribution in [2.75, 3.05) is 13.2 Å². The Hall–Kier alpha value is -1.83. The van der Waals surface area contributed by atoms with Crippen LogP contribution in [0, 0.1) is 0 Å². The van der Waals surface area contributed by atoms with Crippen molar-refractivity contribution in [3.05, 3.63) is 0 Å². The molecule has 2 atom stereocenters. The second-order valence-electron chi connectivity index (χ2n) is 13.4. The Kier molecular flexibility index (Phi) is 21.5. The number of rotatable bonds is 24. The van der Waals surface area contributed by atoms with E-state index in [0.717, 1.165) is 57.8 Å². The molecule has 8 heteroatoms. The van der Waals surface area contributed by atoms with Gasteiger partial charge in [-0.1, -0.05) is 97.3 Å². The Morgan fingerprint density at radius 1 is 0.767 bits per heavy atom. The van der Waals surface area contributed by atoms with E-state index >= 15 is 0 Å². The summed E-state index contributed by atoms with van der Waals surface area (Å²) in [6, 6.07) is -0.818. The van der Waals surface area contributed by atoms with Crippen LogP contribution in [0.5, 0.6) is 0 Å². The Morgan fingerprint density at radius 2 is 1.28 bits per heavy atom. The fraction of sp³-hybridized carbons (Fsp3) is 0.914. The zero-order chi connectivity index (χ0) is 31.9. The first kappa shape index (κ1) is 39.2. The number of nitrogens with zero attached hydrogens (tertiary/aromatic N) is 1. The molecule has 1 unspecified atom stereocenters. The van der Waals surface area contributed by atoms with Gasteiger partial charge in [-0.3, -0.25) is 9.69 Å². The number of aliphatic hydroxyl groups excluding tert-OH is 1. The summed E-state index contributed by atoms with van der Waals surface area (Å²) < 4.78 is 16.7. The lowest BCUT2D eigenvalue weighted by Gasteiger charge is -2.27. The van der Waals surface area contributed by atoms with Gasteiger partial charge in [-0.15, -0.1) is 0 Å². The largest absolute Gasteiger partial charge is 0.464 e. The monoisotopic (exact) mass is 611 g/mol. The number of hydrogen-bond donors (Lipinski definition) is 1. The van der Waals surface area contributed by atoms with Crippen molar-refractivity contribution < 1.29 is 33.7 Å². The van der Waals surface area contributed by atoms with Crippen molar-refractivity contribution >= 4 is 18.0 Å². The fourth-order valence-corrected chi connectivity index (χ4v) is 5.54. The SMILES string of the molecule is CCCCCCCCC(CCCCCCCC)OC(=O)CCCCCCCOC(=O)[C@@H]1CC(O)CN1C(=O)OC(C)(C)C. The second-order valence-corrected chi connectivity index (χ2v) is 13.4. The molecule has 1 fully saturated rings. The van der Waals surface area contributed by atoms with Gasteiger partial charge in [-0.2, -0.15) is 0 Å². The number of esters is 2. The van der Waals surface area contributed by atoms with Gasteiger partial charge in [0.15, 0.2) is 0 Å². The first-order valence-corrected chi connectivity index (χ1v) is 17.6. The molecule has 0 spiro atoms. The maximum atomic E-state index is 12.6. The zero-order valence-electron chi connectivity index (χ0n) is 28.3. The van der Waals surface area contributed by atoms with Crippen LogP contribution in [0.2, 0.25) is 0 Å². The number of unbranched alkanes of at least 4 members (excludes halogenated alkanes) is 14. The van der Waals surface area contributed by atoms with Gasteiger partial charge in [0.2, 0.25) is 0 Å². The summed E-state index contributed by atoms with van der Waals surface area (Å²) in [7, 11) is 0. The molecule has 0 saturated carbocycles. The van der Waals surface area contributed by atoms with Crippen LogP contribution in [0.1, 0.15) is 169 Å². The minimum absolute atomic E-state index is 0.0618. The molecule has 43 heavy (non-hydrogen) atoms. The molecule has 0 aliphatic carbocycles. The van der Waals surface area contributed by atoms with Gasteiger partial charge in [0.25, 0.3) is 0 Å². The number of amides is 1. The minimum atomic E-state index is -0.818. The molecule has 8 nitrogen and oxygen atoms in total. The number of ether oxygens (including phenoxy) is 3. The van der Waals surface area contributed by atoms with Crippen LogP contribution >= 0.6 is 0 Å². The van der Waals surface area contributed by atoms with Crippen molar-refractivity contribution in [2.24, 2.45) is 0 Å². The third kappa shape index (κ3) is 19.9. The molecule has 1 aliphatic heterocycles. The summed E-state index contributed by atoms with van der Waals surface area (Å²) in [5.74, 6) is -0.564. The molecular formula is C35H65NO7. The molecule has 0 bridgehead atoms. The van der Waals surface area contributed by atoms with Crippen molar-refractivity contribution in [1.29, 1.82) is 0 Å². The number of carbonyl (C=O) groups is 3. The summed E-state index contributed by atoms with van der Waals surface area (Å²) in [5, 5.41) is 10.0. The third-order valence-electron chi connectivity index (χ3n) is 8.01. The van der Waals surface area contributed by atoms with E-state index in [2.05, 4.69) is 13.8 Å². The Labute approximate surface area is 263 Å². The molecule has 252 valence electrons. The third-order valence-corrected chi connectivity index (χ3v) is 8.01. The van der Waals surface area contributed by atoms with Gasteiger partial charge in [-0.05, 0) is 59.3 Å². The maximum absolute atomic E-state index is 12.6. The molecule has 1 heterocycles. The number of carbonyl (C=O) groups excluding carboxylic acids is 3. The summed E-state index contributed by atoms with van der Waals surface area (Å²) in [6.45, 7) is 10.1. The maximum Gasteiger partial charge on any atom is 0.411 e. The standard InChI is InChI=1S/C35H65NO7/c1-6-8-10-12-15-19-23-30(24-20-16-13-11-9-7-2)42-32(38)25-21-17-14-18-22-26-41-33(39)31-27-29(37)28-36(31)34(40)43-35(3,4)5/h29-31,37H,6-28H2,1-5H3/t29?,31-/m0/s1. The van der Waals surface area contributed by atoms with Crippen molar-refractivity contribution in [1.82, 2.24) is 4.90 Å². The van der Waals surface area contributed by atoms with E-state index in [0.29, 0.717) is 6.42 Å². The predicted molar refractivity (Wildman–Crippen MR) is 172 cm³/mol.